The molecule has 2 N–H and O–H groups in total. The fraction of sp³-hybridized carbons (Fsp3) is 0.500. The second kappa shape index (κ2) is 6.72. The summed E-state index contributed by atoms with van der Waals surface area (Å²) in [5.41, 5.74) is 0.237. The average Bonchev–Trinajstić information content (AvgIpc) is 2.43. The van der Waals surface area contributed by atoms with Gasteiger partial charge in [0.25, 0.3) is 0 Å². The van der Waals surface area contributed by atoms with Crippen LogP contribution >= 0.6 is 15.9 Å². The van der Waals surface area contributed by atoms with E-state index in [2.05, 4.69) is 45.1 Å². The first-order valence-electron chi connectivity index (χ1n) is 6.74. The molecule has 1 heterocycles. The number of aromatic carboxylic acids is 1. The van der Waals surface area contributed by atoms with Crippen molar-refractivity contribution in [3.05, 3.63) is 28.0 Å². The van der Waals surface area contributed by atoms with Gasteiger partial charge in [-0.3, -0.25) is 4.90 Å². The SMILES string of the molecule is CN1CCN(C)C(CNc2ccc(C(=O)O)c(Br)c2F)C1. The highest BCUT2D eigenvalue weighted by Crippen LogP contribution is 2.27. The molecule has 0 radical (unpaired) electrons. The van der Waals surface area contributed by atoms with Crippen LogP contribution in [0.25, 0.3) is 0 Å². The van der Waals surface area contributed by atoms with Gasteiger partial charge in [0, 0.05) is 32.2 Å². The largest absolute Gasteiger partial charge is 0.478 e. The van der Waals surface area contributed by atoms with Crippen molar-refractivity contribution in [2.75, 3.05) is 45.6 Å². The van der Waals surface area contributed by atoms with Crippen LogP contribution in [-0.2, 0) is 0 Å². The van der Waals surface area contributed by atoms with Gasteiger partial charge in [-0.1, -0.05) is 0 Å². The molecule has 1 atom stereocenters. The van der Waals surface area contributed by atoms with Crippen molar-refractivity contribution in [3.63, 3.8) is 0 Å². The van der Waals surface area contributed by atoms with Crippen molar-refractivity contribution in [1.29, 1.82) is 0 Å². The molecular formula is C14H19BrFN3O2. The maximum Gasteiger partial charge on any atom is 0.336 e. The molecule has 0 amide bonds. The van der Waals surface area contributed by atoms with E-state index in [4.69, 9.17) is 5.11 Å². The Bertz CT molecular complexity index is 541. The molecule has 5 nitrogen and oxygen atoms in total. The summed E-state index contributed by atoms with van der Waals surface area (Å²) in [6.07, 6.45) is 0. The summed E-state index contributed by atoms with van der Waals surface area (Å²) >= 11 is 3.00. The zero-order valence-electron chi connectivity index (χ0n) is 12.1. The fourth-order valence-electron chi connectivity index (χ4n) is 2.40. The monoisotopic (exact) mass is 359 g/mol. The third-order valence-electron chi connectivity index (χ3n) is 3.82. The highest BCUT2D eigenvalue weighted by molar-refractivity contribution is 9.10. The van der Waals surface area contributed by atoms with Gasteiger partial charge in [-0.2, -0.15) is 0 Å². The van der Waals surface area contributed by atoms with Crippen LogP contribution in [0.15, 0.2) is 16.6 Å². The molecule has 1 aromatic rings. The summed E-state index contributed by atoms with van der Waals surface area (Å²) in [4.78, 5) is 15.4. The number of halogens is 2. The summed E-state index contributed by atoms with van der Waals surface area (Å²) in [7, 11) is 4.12. The van der Waals surface area contributed by atoms with Gasteiger partial charge in [-0.05, 0) is 42.2 Å². The number of carbonyl (C=O) groups is 1. The third-order valence-corrected chi connectivity index (χ3v) is 4.60. The molecule has 1 saturated heterocycles. The zero-order chi connectivity index (χ0) is 15.6. The minimum Gasteiger partial charge on any atom is -0.478 e. The first-order valence-corrected chi connectivity index (χ1v) is 7.53. The fourth-order valence-corrected chi connectivity index (χ4v) is 2.92. The Balaban J connectivity index is 2.06. The number of nitrogens with one attached hydrogen (secondary N) is 1. The molecule has 116 valence electrons. The van der Waals surface area contributed by atoms with E-state index in [0.717, 1.165) is 19.6 Å². The normalized spacial score (nSPS) is 20.5. The third kappa shape index (κ3) is 3.72. The highest BCUT2D eigenvalue weighted by Gasteiger charge is 2.22. The summed E-state index contributed by atoms with van der Waals surface area (Å²) in [6, 6.07) is 3.16. The first kappa shape index (κ1) is 16.2. The van der Waals surface area contributed by atoms with Crippen LogP contribution in [0.2, 0.25) is 0 Å². The summed E-state index contributed by atoms with van der Waals surface area (Å²) in [5, 5.41) is 12.0. The summed E-state index contributed by atoms with van der Waals surface area (Å²) in [6.45, 7) is 3.53. The number of likely N-dealkylation sites (N-methyl/N-ethyl adjacent to an activating group) is 2. The number of rotatable bonds is 4. The van der Waals surface area contributed by atoms with E-state index in [1.165, 1.54) is 12.1 Å². The summed E-state index contributed by atoms with van der Waals surface area (Å²) < 4.78 is 14.1. The molecule has 0 aromatic heterocycles. The van der Waals surface area contributed by atoms with Crippen molar-refractivity contribution in [1.82, 2.24) is 9.80 Å². The van der Waals surface area contributed by atoms with E-state index < -0.39 is 11.8 Å². The van der Waals surface area contributed by atoms with Gasteiger partial charge in [0.2, 0.25) is 0 Å². The molecule has 2 rings (SSSR count). The van der Waals surface area contributed by atoms with Gasteiger partial charge < -0.3 is 15.3 Å². The molecule has 1 aliphatic rings. The standard InChI is InChI=1S/C14H19BrFN3O2/c1-18-5-6-19(2)9(8-18)7-17-11-4-3-10(14(20)21)12(15)13(11)16/h3-4,9,17H,5-8H2,1-2H3,(H,20,21). The van der Waals surface area contributed by atoms with Crippen molar-refractivity contribution in [3.8, 4) is 0 Å². The smallest absolute Gasteiger partial charge is 0.336 e. The number of benzene rings is 1. The minimum absolute atomic E-state index is 0.0193. The minimum atomic E-state index is -1.15. The van der Waals surface area contributed by atoms with Crippen LogP contribution in [0.5, 0.6) is 0 Å². The van der Waals surface area contributed by atoms with Crippen LogP contribution in [0.1, 0.15) is 10.4 Å². The Kier molecular flexibility index (Phi) is 5.18. The quantitative estimate of drug-likeness (QED) is 0.860. The van der Waals surface area contributed by atoms with Crippen molar-refractivity contribution < 1.29 is 14.3 Å². The Hall–Kier alpha value is -1.18. The lowest BCUT2D eigenvalue weighted by molar-refractivity contribution is 0.0695. The average molecular weight is 360 g/mol. The Labute approximate surface area is 131 Å². The van der Waals surface area contributed by atoms with E-state index in [-0.39, 0.29) is 10.0 Å². The second-order valence-corrected chi connectivity index (χ2v) is 6.16. The van der Waals surface area contributed by atoms with Gasteiger partial charge in [-0.25, -0.2) is 9.18 Å². The second-order valence-electron chi connectivity index (χ2n) is 5.37. The van der Waals surface area contributed by atoms with Gasteiger partial charge in [0.15, 0.2) is 5.82 Å². The lowest BCUT2D eigenvalue weighted by Crippen LogP contribution is -2.52. The van der Waals surface area contributed by atoms with Gasteiger partial charge >= 0.3 is 5.97 Å². The topological polar surface area (TPSA) is 55.8 Å². The number of hydrogen-bond donors (Lipinski definition) is 2. The lowest BCUT2D eigenvalue weighted by atomic mass is 10.1. The van der Waals surface area contributed by atoms with E-state index in [1.807, 2.05) is 0 Å². The Morgan fingerprint density at radius 2 is 2.19 bits per heavy atom. The molecule has 0 bridgehead atoms. The maximum absolute atomic E-state index is 14.2. The molecule has 1 fully saturated rings. The molecule has 21 heavy (non-hydrogen) atoms. The number of carboxylic acids is 1. The molecule has 1 aromatic carbocycles. The van der Waals surface area contributed by atoms with Crippen molar-refractivity contribution in [2.45, 2.75) is 6.04 Å². The molecule has 1 aliphatic heterocycles. The van der Waals surface area contributed by atoms with Gasteiger partial charge in [-0.15, -0.1) is 0 Å². The van der Waals surface area contributed by atoms with Crippen LogP contribution in [0.4, 0.5) is 10.1 Å². The van der Waals surface area contributed by atoms with E-state index in [9.17, 15) is 9.18 Å². The Morgan fingerprint density at radius 1 is 1.48 bits per heavy atom. The van der Waals surface area contributed by atoms with E-state index in [1.54, 1.807) is 0 Å². The van der Waals surface area contributed by atoms with E-state index >= 15 is 0 Å². The number of anilines is 1. The zero-order valence-corrected chi connectivity index (χ0v) is 13.7. The van der Waals surface area contributed by atoms with Crippen LogP contribution in [0, 0.1) is 5.82 Å². The molecule has 0 aliphatic carbocycles. The van der Waals surface area contributed by atoms with Crippen molar-refractivity contribution >= 4 is 27.6 Å². The van der Waals surface area contributed by atoms with Gasteiger partial charge in [0.1, 0.15) is 0 Å². The lowest BCUT2D eigenvalue weighted by Gasteiger charge is -2.37. The maximum atomic E-state index is 14.2. The van der Waals surface area contributed by atoms with Crippen LogP contribution in [0.3, 0.4) is 0 Å². The van der Waals surface area contributed by atoms with Crippen LogP contribution in [-0.4, -0.2) is 67.2 Å². The number of nitrogens with zero attached hydrogens (tertiary/aromatic N) is 2. The van der Waals surface area contributed by atoms with Crippen molar-refractivity contribution in [2.24, 2.45) is 0 Å². The predicted octanol–water partition coefficient (Wildman–Crippen LogP) is 1.94. The Morgan fingerprint density at radius 3 is 2.86 bits per heavy atom. The highest BCUT2D eigenvalue weighted by atomic mass is 79.9. The molecule has 0 saturated carbocycles. The molecule has 7 heteroatoms. The first-order chi connectivity index (χ1) is 9.90. The number of carboxylic acid groups (broad SMARTS) is 1. The predicted molar refractivity (Wildman–Crippen MR) is 83.5 cm³/mol. The molecule has 0 spiro atoms. The van der Waals surface area contributed by atoms with Gasteiger partial charge in [0.05, 0.1) is 15.7 Å². The summed E-state index contributed by atoms with van der Waals surface area (Å²) in [5.74, 6) is -1.72. The van der Waals surface area contributed by atoms with Crippen LogP contribution < -0.4 is 5.32 Å². The van der Waals surface area contributed by atoms with E-state index in [0.29, 0.717) is 18.3 Å². The molecule has 1 unspecified atom stereocenters. The number of piperazine rings is 1. The molecular weight excluding hydrogens is 341 g/mol. The number of hydrogen-bond acceptors (Lipinski definition) is 4.